The van der Waals surface area contributed by atoms with Crippen LogP contribution in [0.3, 0.4) is 0 Å². The number of para-hydroxylation sites is 2. The summed E-state index contributed by atoms with van der Waals surface area (Å²) in [5.41, 5.74) is 5.35. The minimum absolute atomic E-state index is 0.298. The van der Waals surface area contributed by atoms with Gasteiger partial charge in [-0.05, 0) is 35.4 Å². The van der Waals surface area contributed by atoms with Gasteiger partial charge in [0.15, 0.2) is 0 Å². The Balaban J connectivity index is 1.83. The van der Waals surface area contributed by atoms with Gasteiger partial charge < -0.3 is 14.6 Å². The molecule has 1 aliphatic rings. The fourth-order valence-electron chi connectivity index (χ4n) is 5.13. The number of anilines is 1. The number of benzene rings is 3. The lowest BCUT2D eigenvalue weighted by atomic mass is 9.99. The molecule has 0 bridgehead atoms. The SMILES string of the molecule is COc1ccc(C2Nc3ccccc3-n3c(-c4ccccc4)c4c(=O)n(C)c(=O)n(C)c4c32)cc1. The third kappa shape index (κ3) is 2.98. The highest BCUT2D eigenvalue weighted by atomic mass is 16.5. The van der Waals surface area contributed by atoms with Crippen molar-refractivity contribution in [3.05, 3.63) is 111 Å². The zero-order valence-corrected chi connectivity index (χ0v) is 19.6. The Bertz CT molecular complexity index is 1710. The molecule has 1 unspecified atom stereocenters. The van der Waals surface area contributed by atoms with Crippen molar-refractivity contribution in [3.8, 4) is 22.7 Å². The molecule has 1 aliphatic heterocycles. The zero-order valence-electron chi connectivity index (χ0n) is 19.6. The van der Waals surface area contributed by atoms with Crippen LogP contribution >= 0.6 is 0 Å². The molecule has 0 amide bonds. The average Bonchev–Trinajstić information content (AvgIpc) is 3.27. The van der Waals surface area contributed by atoms with E-state index in [9.17, 15) is 9.59 Å². The molecule has 1 N–H and O–H groups in total. The molecule has 3 aromatic carbocycles. The van der Waals surface area contributed by atoms with Crippen molar-refractivity contribution in [1.82, 2.24) is 13.7 Å². The molecule has 1 atom stereocenters. The smallest absolute Gasteiger partial charge is 0.331 e. The van der Waals surface area contributed by atoms with Crippen LogP contribution in [0.15, 0.2) is 88.5 Å². The van der Waals surface area contributed by atoms with Crippen LogP contribution in [0.5, 0.6) is 5.75 Å². The average molecular weight is 465 g/mol. The largest absolute Gasteiger partial charge is 0.497 e. The van der Waals surface area contributed by atoms with Crippen molar-refractivity contribution >= 4 is 16.6 Å². The number of hydrogen-bond acceptors (Lipinski definition) is 4. The van der Waals surface area contributed by atoms with Gasteiger partial charge in [-0.25, -0.2) is 4.79 Å². The second kappa shape index (κ2) is 7.77. The van der Waals surface area contributed by atoms with Crippen LogP contribution in [0.2, 0.25) is 0 Å². The number of aromatic nitrogens is 3. The molecule has 5 aromatic rings. The molecule has 2 aromatic heterocycles. The number of nitrogens with one attached hydrogen (secondary N) is 1. The van der Waals surface area contributed by atoms with Crippen LogP contribution in [-0.4, -0.2) is 20.8 Å². The summed E-state index contributed by atoms with van der Waals surface area (Å²) in [6.07, 6.45) is 0. The monoisotopic (exact) mass is 464 g/mol. The van der Waals surface area contributed by atoms with Gasteiger partial charge in [-0.3, -0.25) is 13.9 Å². The molecular formula is C28H24N4O3. The van der Waals surface area contributed by atoms with Gasteiger partial charge in [-0.1, -0.05) is 54.6 Å². The summed E-state index contributed by atoms with van der Waals surface area (Å²) >= 11 is 0. The maximum Gasteiger partial charge on any atom is 0.331 e. The fraction of sp³-hybridized carbons (Fsp3) is 0.143. The van der Waals surface area contributed by atoms with Crippen LogP contribution in [0.4, 0.5) is 5.69 Å². The third-order valence-corrected chi connectivity index (χ3v) is 6.82. The Morgan fingerprint density at radius 3 is 2.23 bits per heavy atom. The molecule has 7 nitrogen and oxygen atoms in total. The molecule has 0 saturated heterocycles. The minimum atomic E-state index is -0.358. The summed E-state index contributed by atoms with van der Waals surface area (Å²) in [5, 5.41) is 4.18. The van der Waals surface area contributed by atoms with E-state index in [0.29, 0.717) is 10.9 Å². The molecular weight excluding hydrogens is 440 g/mol. The second-order valence-electron chi connectivity index (χ2n) is 8.73. The van der Waals surface area contributed by atoms with Crippen LogP contribution in [-0.2, 0) is 14.1 Å². The van der Waals surface area contributed by atoms with Gasteiger partial charge >= 0.3 is 5.69 Å². The summed E-state index contributed by atoms with van der Waals surface area (Å²) < 4.78 is 10.3. The number of fused-ring (bicyclic) bond motifs is 5. The van der Waals surface area contributed by atoms with Crippen molar-refractivity contribution in [2.45, 2.75) is 6.04 Å². The molecule has 0 saturated carbocycles. The first-order valence-corrected chi connectivity index (χ1v) is 11.4. The van der Waals surface area contributed by atoms with Crippen LogP contribution in [0.1, 0.15) is 17.3 Å². The summed E-state index contributed by atoms with van der Waals surface area (Å²) in [4.78, 5) is 26.7. The molecule has 0 spiro atoms. The van der Waals surface area contributed by atoms with Gasteiger partial charge in [0.2, 0.25) is 0 Å². The summed E-state index contributed by atoms with van der Waals surface area (Å²) in [6.45, 7) is 0. The highest BCUT2D eigenvalue weighted by molar-refractivity contribution is 5.99. The van der Waals surface area contributed by atoms with Gasteiger partial charge in [0, 0.05) is 14.1 Å². The summed E-state index contributed by atoms with van der Waals surface area (Å²) in [6, 6.07) is 25.5. The van der Waals surface area contributed by atoms with E-state index >= 15 is 0 Å². The van der Waals surface area contributed by atoms with E-state index in [1.54, 1.807) is 18.7 Å². The van der Waals surface area contributed by atoms with Crippen molar-refractivity contribution in [2.24, 2.45) is 14.1 Å². The Labute approximate surface area is 201 Å². The Morgan fingerprint density at radius 2 is 1.51 bits per heavy atom. The van der Waals surface area contributed by atoms with E-state index in [1.807, 2.05) is 78.9 Å². The van der Waals surface area contributed by atoms with Gasteiger partial charge in [-0.2, -0.15) is 0 Å². The lowest BCUT2D eigenvalue weighted by molar-refractivity contribution is 0.414. The fourth-order valence-corrected chi connectivity index (χ4v) is 5.13. The predicted octanol–water partition coefficient (Wildman–Crippen LogP) is 4.22. The number of hydrogen-bond donors (Lipinski definition) is 1. The van der Waals surface area contributed by atoms with Crippen molar-refractivity contribution in [3.63, 3.8) is 0 Å². The van der Waals surface area contributed by atoms with E-state index in [2.05, 4.69) is 9.88 Å². The van der Waals surface area contributed by atoms with Gasteiger partial charge in [-0.15, -0.1) is 0 Å². The van der Waals surface area contributed by atoms with Gasteiger partial charge in [0.1, 0.15) is 5.75 Å². The number of ether oxygens (including phenoxy) is 1. The molecule has 3 heterocycles. The summed E-state index contributed by atoms with van der Waals surface area (Å²) in [5.74, 6) is 0.761. The zero-order chi connectivity index (χ0) is 24.3. The maximum absolute atomic E-state index is 13.7. The number of methoxy groups -OCH3 is 1. The first-order valence-electron chi connectivity index (χ1n) is 11.4. The van der Waals surface area contributed by atoms with Crippen LogP contribution in [0, 0.1) is 0 Å². The third-order valence-electron chi connectivity index (χ3n) is 6.82. The lowest BCUT2D eigenvalue weighted by Gasteiger charge is -2.31. The summed E-state index contributed by atoms with van der Waals surface area (Å²) in [7, 11) is 4.90. The topological polar surface area (TPSA) is 70.2 Å². The van der Waals surface area contributed by atoms with E-state index in [0.717, 1.165) is 39.6 Å². The number of rotatable bonds is 3. The van der Waals surface area contributed by atoms with E-state index < -0.39 is 0 Å². The first-order chi connectivity index (χ1) is 17.0. The van der Waals surface area contributed by atoms with Gasteiger partial charge in [0.05, 0.1) is 46.8 Å². The van der Waals surface area contributed by atoms with Crippen molar-refractivity contribution in [2.75, 3.05) is 12.4 Å². The molecule has 0 fully saturated rings. The highest BCUT2D eigenvalue weighted by Crippen LogP contribution is 2.45. The molecule has 0 aliphatic carbocycles. The number of nitrogens with zero attached hydrogens (tertiary/aromatic N) is 3. The van der Waals surface area contributed by atoms with Gasteiger partial charge in [0.25, 0.3) is 5.56 Å². The van der Waals surface area contributed by atoms with Crippen molar-refractivity contribution in [1.29, 1.82) is 0 Å². The van der Waals surface area contributed by atoms with E-state index in [4.69, 9.17) is 4.74 Å². The lowest BCUT2D eigenvalue weighted by Crippen LogP contribution is -2.37. The van der Waals surface area contributed by atoms with Crippen LogP contribution in [0.25, 0.3) is 27.8 Å². The first kappa shape index (κ1) is 21.0. The van der Waals surface area contributed by atoms with Crippen molar-refractivity contribution < 1.29 is 4.74 Å². The standard InChI is InChI=1S/C28H24N4O3/c1-30-25-22(27(33)31(2)28(30)34)24(18-9-5-4-6-10-18)32-21-12-8-7-11-20(21)29-23(26(25)32)17-13-15-19(35-3)16-14-17/h4-16,23,29H,1-3H3. The molecule has 6 rings (SSSR count). The second-order valence-corrected chi connectivity index (χ2v) is 8.73. The minimum Gasteiger partial charge on any atom is -0.497 e. The maximum atomic E-state index is 13.7. The normalized spacial score (nSPS) is 14.3. The highest BCUT2D eigenvalue weighted by Gasteiger charge is 2.34. The molecule has 7 heteroatoms. The van der Waals surface area contributed by atoms with E-state index in [-0.39, 0.29) is 17.3 Å². The number of aryl methyl sites for hydroxylation is 1. The molecule has 0 radical (unpaired) electrons. The Kier molecular flexibility index (Phi) is 4.67. The predicted molar refractivity (Wildman–Crippen MR) is 138 cm³/mol. The Hall–Kier alpha value is -4.52. The molecule has 174 valence electrons. The van der Waals surface area contributed by atoms with Crippen LogP contribution < -0.4 is 21.3 Å². The van der Waals surface area contributed by atoms with E-state index in [1.165, 1.54) is 11.6 Å². The Morgan fingerprint density at radius 1 is 0.829 bits per heavy atom. The molecule has 35 heavy (non-hydrogen) atoms. The quantitative estimate of drug-likeness (QED) is 0.434.